The van der Waals surface area contributed by atoms with Crippen LogP contribution >= 0.6 is 11.6 Å². The number of nitrogens with zero attached hydrogens (tertiary/aromatic N) is 3. The first kappa shape index (κ1) is 12.1. The maximum absolute atomic E-state index is 11.4. The van der Waals surface area contributed by atoms with E-state index in [0.29, 0.717) is 30.7 Å². The summed E-state index contributed by atoms with van der Waals surface area (Å²) in [6.07, 6.45) is 2.48. The van der Waals surface area contributed by atoms with Crippen LogP contribution in [-0.4, -0.2) is 48.8 Å². The van der Waals surface area contributed by atoms with Crippen LogP contribution in [0.4, 0.5) is 5.82 Å². The normalized spacial score (nSPS) is 20.1. The van der Waals surface area contributed by atoms with Gasteiger partial charge in [0.1, 0.15) is 11.0 Å². The Bertz CT molecular complexity index is 416. The molecular formula is C10H12ClN3O3. The summed E-state index contributed by atoms with van der Waals surface area (Å²) in [4.78, 5) is 21.4. The molecule has 1 atom stereocenters. The second kappa shape index (κ2) is 5.29. The van der Waals surface area contributed by atoms with Crippen LogP contribution in [0, 0.1) is 0 Å². The largest absolute Gasteiger partial charge is 0.467 e. The minimum atomic E-state index is -0.588. The molecular weight excluding hydrogens is 246 g/mol. The molecule has 1 aromatic heterocycles. The van der Waals surface area contributed by atoms with Gasteiger partial charge in [-0.25, -0.2) is 9.78 Å². The molecule has 92 valence electrons. The Hall–Kier alpha value is -1.40. The van der Waals surface area contributed by atoms with Gasteiger partial charge in [0, 0.05) is 6.54 Å². The molecule has 0 spiro atoms. The molecule has 2 rings (SSSR count). The Morgan fingerprint density at radius 2 is 2.47 bits per heavy atom. The molecule has 0 bridgehead atoms. The Morgan fingerprint density at radius 3 is 3.18 bits per heavy atom. The van der Waals surface area contributed by atoms with Gasteiger partial charge in [-0.2, -0.15) is 0 Å². The summed E-state index contributed by atoms with van der Waals surface area (Å²) >= 11 is 5.77. The first-order chi connectivity index (χ1) is 8.20. The zero-order valence-corrected chi connectivity index (χ0v) is 10.1. The number of hydrogen-bond donors (Lipinski definition) is 0. The molecule has 7 heteroatoms. The third-order valence-electron chi connectivity index (χ3n) is 2.45. The van der Waals surface area contributed by atoms with E-state index < -0.39 is 6.10 Å². The van der Waals surface area contributed by atoms with Crippen LogP contribution in [0.15, 0.2) is 12.4 Å². The number of rotatable bonds is 2. The fourth-order valence-electron chi connectivity index (χ4n) is 1.62. The van der Waals surface area contributed by atoms with Crippen molar-refractivity contribution in [2.24, 2.45) is 0 Å². The van der Waals surface area contributed by atoms with E-state index >= 15 is 0 Å². The van der Waals surface area contributed by atoms with Gasteiger partial charge in [0.25, 0.3) is 0 Å². The van der Waals surface area contributed by atoms with Crippen molar-refractivity contribution in [2.45, 2.75) is 6.10 Å². The summed E-state index contributed by atoms with van der Waals surface area (Å²) in [6.45, 7) is 1.47. The number of aromatic nitrogens is 2. The molecule has 1 aliphatic heterocycles. The lowest BCUT2D eigenvalue weighted by Crippen LogP contribution is -2.46. The first-order valence-corrected chi connectivity index (χ1v) is 5.50. The van der Waals surface area contributed by atoms with Crippen molar-refractivity contribution in [1.82, 2.24) is 9.97 Å². The summed E-state index contributed by atoms with van der Waals surface area (Å²) in [7, 11) is 1.34. The number of methoxy groups -OCH3 is 1. The summed E-state index contributed by atoms with van der Waals surface area (Å²) in [5.41, 5.74) is 0. The standard InChI is InChI=1S/C10H12ClN3O3/c1-16-10(15)7-6-14(2-3-17-7)9-5-12-4-8(11)13-9/h4-5,7H,2-3,6H2,1H3/t7-/m1/s1. The number of anilines is 1. The average molecular weight is 258 g/mol. The molecule has 6 nitrogen and oxygen atoms in total. The second-order valence-electron chi connectivity index (χ2n) is 3.53. The van der Waals surface area contributed by atoms with Crippen molar-refractivity contribution >= 4 is 23.4 Å². The zero-order valence-electron chi connectivity index (χ0n) is 9.30. The van der Waals surface area contributed by atoms with Crippen LogP contribution in [-0.2, 0) is 14.3 Å². The topological polar surface area (TPSA) is 64.5 Å². The van der Waals surface area contributed by atoms with E-state index in [1.807, 2.05) is 4.90 Å². The Kier molecular flexibility index (Phi) is 3.75. The van der Waals surface area contributed by atoms with E-state index in [1.165, 1.54) is 13.3 Å². The lowest BCUT2D eigenvalue weighted by Gasteiger charge is -2.31. The molecule has 17 heavy (non-hydrogen) atoms. The number of hydrogen-bond acceptors (Lipinski definition) is 6. The van der Waals surface area contributed by atoms with Crippen molar-refractivity contribution in [2.75, 3.05) is 31.7 Å². The Morgan fingerprint density at radius 1 is 1.65 bits per heavy atom. The van der Waals surface area contributed by atoms with Gasteiger partial charge in [0.15, 0.2) is 6.10 Å². The summed E-state index contributed by atoms with van der Waals surface area (Å²) in [6, 6.07) is 0. The third kappa shape index (κ3) is 2.83. The Balaban J connectivity index is 2.09. The fourth-order valence-corrected chi connectivity index (χ4v) is 1.76. The highest BCUT2D eigenvalue weighted by Gasteiger charge is 2.28. The Labute approximate surface area is 104 Å². The van der Waals surface area contributed by atoms with Crippen molar-refractivity contribution in [3.05, 3.63) is 17.5 Å². The van der Waals surface area contributed by atoms with Gasteiger partial charge in [-0.3, -0.25) is 4.98 Å². The highest BCUT2D eigenvalue weighted by molar-refractivity contribution is 6.29. The van der Waals surface area contributed by atoms with Crippen LogP contribution in [0.3, 0.4) is 0 Å². The maximum atomic E-state index is 11.4. The molecule has 0 amide bonds. The van der Waals surface area contributed by atoms with Crippen molar-refractivity contribution in [1.29, 1.82) is 0 Å². The van der Waals surface area contributed by atoms with Crippen LogP contribution in [0.2, 0.25) is 5.15 Å². The second-order valence-corrected chi connectivity index (χ2v) is 3.92. The number of esters is 1. The van der Waals surface area contributed by atoms with Crippen LogP contribution in [0.25, 0.3) is 0 Å². The zero-order chi connectivity index (χ0) is 12.3. The number of halogens is 1. The molecule has 0 aliphatic carbocycles. The van der Waals surface area contributed by atoms with Gasteiger partial charge in [0.05, 0.1) is 32.7 Å². The predicted octanol–water partition coefficient (Wildman–Crippen LogP) is 0.508. The third-order valence-corrected chi connectivity index (χ3v) is 2.63. The average Bonchev–Trinajstić information content (AvgIpc) is 2.38. The van der Waals surface area contributed by atoms with E-state index in [4.69, 9.17) is 16.3 Å². The molecule has 0 aromatic carbocycles. The quantitative estimate of drug-likeness (QED) is 0.720. The highest BCUT2D eigenvalue weighted by Crippen LogP contribution is 2.16. The van der Waals surface area contributed by atoms with E-state index in [2.05, 4.69) is 14.7 Å². The number of morpholine rings is 1. The van der Waals surface area contributed by atoms with Gasteiger partial charge in [-0.15, -0.1) is 0 Å². The van der Waals surface area contributed by atoms with Crippen LogP contribution in [0.5, 0.6) is 0 Å². The molecule has 0 unspecified atom stereocenters. The van der Waals surface area contributed by atoms with Crippen molar-refractivity contribution < 1.29 is 14.3 Å². The first-order valence-electron chi connectivity index (χ1n) is 5.12. The predicted molar refractivity (Wildman–Crippen MR) is 61.0 cm³/mol. The van der Waals surface area contributed by atoms with Crippen LogP contribution < -0.4 is 4.90 Å². The molecule has 1 aliphatic rings. The van der Waals surface area contributed by atoms with Crippen molar-refractivity contribution in [3.63, 3.8) is 0 Å². The fraction of sp³-hybridized carbons (Fsp3) is 0.500. The SMILES string of the molecule is COC(=O)[C@H]1CN(c2cncc(Cl)n2)CCO1. The van der Waals surface area contributed by atoms with Gasteiger partial charge >= 0.3 is 5.97 Å². The van der Waals surface area contributed by atoms with Gasteiger partial charge in [-0.05, 0) is 0 Å². The van der Waals surface area contributed by atoms with E-state index in [9.17, 15) is 4.79 Å². The summed E-state index contributed by atoms with van der Waals surface area (Å²) in [5, 5.41) is 0.323. The molecule has 0 N–H and O–H groups in total. The van der Waals surface area contributed by atoms with Gasteiger partial charge in [0.2, 0.25) is 0 Å². The van der Waals surface area contributed by atoms with E-state index in [0.717, 1.165) is 0 Å². The van der Waals surface area contributed by atoms with E-state index in [-0.39, 0.29) is 5.97 Å². The van der Waals surface area contributed by atoms with Crippen molar-refractivity contribution in [3.8, 4) is 0 Å². The molecule has 2 heterocycles. The molecule has 1 saturated heterocycles. The maximum Gasteiger partial charge on any atom is 0.336 e. The monoisotopic (exact) mass is 257 g/mol. The summed E-state index contributed by atoms with van der Waals surface area (Å²) in [5.74, 6) is 0.249. The molecule has 1 fully saturated rings. The number of carbonyl (C=O) groups excluding carboxylic acids is 1. The molecule has 0 radical (unpaired) electrons. The molecule has 0 saturated carbocycles. The molecule has 1 aromatic rings. The number of carbonyl (C=O) groups is 1. The highest BCUT2D eigenvalue weighted by atomic mass is 35.5. The lowest BCUT2D eigenvalue weighted by molar-refractivity contribution is -0.154. The van der Waals surface area contributed by atoms with Gasteiger partial charge < -0.3 is 14.4 Å². The lowest BCUT2D eigenvalue weighted by atomic mass is 10.3. The van der Waals surface area contributed by atoms with Crippen LogP contribution in [0.1, 0.15) is 0 Å². The van der Waals surface area contributed by atoms with E-state index in [1.54, 1.807) is 6.20 Å². The number of ether oxygens (including phenoxy) is 2. The van der Waals surface area contributed by atoms with Gasteiger partial charge in [-0.1, -0.05) is 11.6 Å². The minimum Gasteiger partial charge on any atom is -0.467 e. The minimum absolute atomic E-state index is 0.323. The smallest absolute Gasteiger partial charge is 0.336 e. The summed E-state index contributed by atoms with van der Waals surface area (Å²) < 4.78 is 9.96.